The Hall–Kier alpha value is -2.42. The van der Waals surface area contributed by atoms with E-state index in [4.69, 9.17) is 0 Å². The lowest BCUT2D eigenvalue weighted by molar-refractivity contribution is 0.0928. The molecule has 0 aliphatic heterocycles. The Balaban J connectivity index is 2.27. The number of carbonyl (C=O) groups excluding carboxylic acids is 2. The Labute approximate surface area is 131 Å². The molecule has 1 amide bonds. The number of hydrogen-bond donors (Lipinski definition) is 1. The van der Waals surface area contributed by atoms with Crippen molar-refractivity contribution >= 4 is 11.7 Å². The van der Waals surface area contributed by atoms with Crippen LogP contribution in [0.5, 0.6) is 0 Å². The van der Waals surface area contributed by atoms with Crippen molar-refractivity contribution in [3.05, 3.63) is 71.3 Å². The second-order valence-corrected chi connectivity index (χ2v) is 5.40. The molecule has 22 heavy (non-hydrogen) atoms. The zero-order valence-electron chi connectivity index (χ0n) is 13.0. The van der Waals surface area contributed by atoms with Crippen molar-refractivity contribution in [2.24, 2.45) is 0 Å². The van der Waals surface area contributed by atoms with E-state index in [-0.39, 0.29) is 17.7 Å². The lowest BCUT2D eigenvalue weighted by Gasteiger charge is -2.14. The van der Waals surface area contributed by atoms with E-state index in [1.54, 1.807) is 36.4 Å². The second-order valence-electron chi connectivity index (χ2n) is 5.40. The van der Waals surface area contributed by atoms with Crippen LogP contribution in [0.25, 0.3) is 0 Å². The third-order valence-corrected chi connectivity index (χ3v) is 3.55. The molecule has 2 rings (SSSR count). The lowest BCUT2D eigenvalue weighted by atomic mass is 9.97. The summed E-state index contributed by atoms with van der Waals surface area (Å²) in [6.07, 6.45) is 1.92. The van der Waals surface area contributed by atoms with Gasteiger partial charge in [0.25, 0.3) is 5.91 Å². The van der Waals surface area contributed by atoms with Crippen LogP contribution < -0.4 is 5.32 Å². The number of nitrogens with one attached hydrogen (secondary N) is 1. The third-order valence-electron chi connectivity index (χ3n) is 3.55. The number of hydrogen-bond acceptors (Lipinski definition) is 2. The summed E-state index contributed by atoms with van der Waals surface area (Å²) in [4.78, 5) is 25.0. The summed E-state index contributed by atoms with van der Waals surface area (Å²) in [7, 11) is 0. The first kappa shape index (κ1) is 16.0. The first-order chi connectivity index (χ1) is 10.6. The Bertz CT molecular complexity index is 649. The second kappa shape index (κ2) is 7.55. The average Bonchev–Trinajstić information content (AvgIpc) is 2.55. The molecule has 0 fully saturated rings. The normalized spacial score (nSPS) is 11.7. The number of carbonyl (C=O) groups is 2. The lowest BCUT2D eigenvalue weighted by Crippen LogP contribution is -2.33. The molecule has 3 nitrogen and oxygen atoms in total. The number of amides is 1. The zero-order valence-corrected chi connectivity index (χ0v) is 13.0. The van der Waals surface area contributed by atoms with Crippen LogP contribution in [0, 0.1) is 0 Å². The SMILES string of the molecule is CCC[C@H](C)NC(=O)c1ccccc1C(=O)c1ccccc1. The topological polar surface area (TPSA) is 46.2 Å². The molecule has 0 saturated heterocycles. The van der Waals surface area contributed by atoms with Crippen LogP contribution in [0.1, 0.15) is 53.0 Å². The van der Waals surface area contributed by atoms with Crippen LogP contribution >= 0.6 is 0 Å². The molecule has 0 bridgehead atoms. The molecule has 0 saturated carbocycles. The minimum Gasteiger partial charge on any atom is -0.350 e. The fourth-order valence-electron chi connectivity index (χ4n) is 2.43. The van der Waals surface area contributed by atoms with Crippen LogP contribution in [-0.4, -0.2) is 17.7 Å². The van der Waals surface area contributed by atoms with Gasteiger partial charge in [-0.1, -0.05) is 61.9 Å². The summed E-state index contributed by atoms with van der Waals surface area (Å²) in [5.74, 6) is -0.324. The highest BCUT2D eigenvalue weighted by atomic mass is 16.2. The first-order valence-electron chi connectivity index (χ1n) is 7.63. The van der Waals surface area contributed by atoms with Gasteiger partial charge in [-0.25, -0.2) is 0 Å². The summed E-state index contributed by atoms with van der Waals surface area (Å²) in [6.45, 7) is 4.05. The van der Waals surface area contributed by atoms with Crippen molar-refractivity contribution in [2.45, 2.75) is 32.7 Å². The molecule has 0 heterocycles. The van der Waals surface area contributed by atoms with Crippen LogP contribution in [0.15, 0.2) is 54.6 Å². The number of ketones is 1. The van der Waals surface area contributed by atoms with E-state index in [1.165, 1.54) is 0 Å². The highest BCUT2D eigenvalue weighted by molar-refractivity contribution is 6.15. The Morgan fingerprint density at radius 1 is 0.955 bits per heavy atom. The van der Waals surface area contributed by atoms with E-state index < -0.39 is 0 Å². The van der Waals surface area contributed by atoms with E-state index in [0.29, 0.717) is 16.7 Å². The Kier molecular flexibility index (Phi) is 5.48. The highest BCUT2D eigenvalue weighted by Gasteiger charge is 2.18. The molecule has 0 aliphatic carbocycles. The minimum atomic E-state index is -0.194. The highest BCUT2D eigenvalue weighted by Crippen LogP contribution is 2.15. The predicted octanol–water partition coefficient (Wildman–Crippen LogP) is 3.84. The van der Waals surface area contributed by atoms with Gasteiger partial charge in [-0.05, 0) is 19.4 Å². The Morgan fingerprint density at radius 2 is 1.55 bits per heavy atom. The maximum Gasteiger partial charge on any atom is 0.252 e. The maximum absolute atomic E-state index is 12.6. The molecular weight excluding hydrogens is 274 g/mol. The third kappa shape index (κ3) is 3.82. The summed E-state index contributed by atoms with van der Waals surface area (Å²) >= 11 is 0. The van der Waals surface area contributed by atoms with Gasteiger partial charge < -0.3 is 5.32 Å². The summed E-state index contributed by atoms with van der Waals surface area (Å²) in [5, 5.41) is 2.95. The maximum atomic E-state index is 12.6. The van der Waals surface area contributed by atoms with E-state index in [2.05, 4.69) is 12.2 Å². The van der Waals surface area contributed by atoms with Gasteiger partial charge in [0.05, 0.1) is 5.56 Å². The standard InChI is InChI=1S/C19H21NO2/c1-3-9-14(2)20-19(22)17-13-8-7-12-16(17)18(21)15-10-5-4-6-11-15/h4-8,10-14H,3,9H2,1-2H3,(H,20,22)/t14-/m0/s1. The van der Waals surface area contributed by atoms with Crippen LogP contribution in [-0.2, 0) is 0 Å². The van der Waals surface area contributed by atoms with Crippen LogP contribution in [0.4, 0.5) is 0 Å². The van der Waals surface area contributed by atoms with Crippen molar-refractivity contribution in [1.82, 2.24) is 5.32 Å². The predicted molar refractivity (Wildman–Crippen MR) is 88.2 cm³/mol. The van der Waals surface area contributed by atoms with Gasteiger partial charge in [0, 0.05) is 17.2 Å². The smallest absolute Gasteiger partial charge is 0.252 e. The van der Waals surface area contributed by atoms with E-state index in [1.807, 2.05) is 25.1 Å². The minimum absolute atomic E-state index is 0.0948. The molecule has 1 atom stereocenters. The molecule has 2 aromatic rings. The summed E-state index contributed by atoms with van der Waals surface area (Å²) in [5.41, 5.74) is 1.46. The molecular formula is C19H21NO2. The van der Waals surface area contributed by atoms with Gasteiger partial charge >= 0.3 is 0 Å². The molecule has 0 radical (unpaired) electrons. The molecule has 1 N–H and O–H groups in total. The van der Waals surface area contributed by atoms with Gasteiger partial charge in [0.15, 0.2) is 5.78 Å². The fraction of sp³-hybridized carbons (Fsp3) is 0.263. The quantitative estimate of drug-likeness (QED) is 0.823. The first-order valence-corrected chi connectivity index (χ1v) is 7.63. The zero-order chi connectivity index (χ0) is 15.9. The van der Waals surface area contributed by atoms with E-state index >= 15 is 0 Å². The number of rotatable bonds is 6. The van der Waals surface area contributed by atoms with Crippen molar-refractivity contribution in [3.8, 4) is 0 Å². The molecule has 0 unspecified atom stereocenters. The summed E-state index contributed by atoms with van der Waals surface area (Å²) < 4.78 is 0. The molecule has 114 valence electrons. The molecule has 2 aromatic carbocycles. The fourth-order valence-corrected chi connectivity index (χ4v) is 2.43. The van der Waals surface area contributed by atoms with Crippen molar-refractivity contribution in [2.75, 3.05) is 0 Å². The van der Waals surface area contributed by atoms with Gasteiger partial charge in [-0.15, -0.1) is 0 Å². The van der Waals surface area contributed by atoms with Gasteiger partial charge in [0.2, 0.25) is 0 Å². The monoisotopic (exact) mass is 295 g/mol. The van der Waals surface area contributed by atoms with Crippen molar-refractivity contribution < 1.29 is 9.59 Å². The van der Waals surface area contributed by atoms with Crippen molar-refractivity contribution in [1.29, 1.82) is 0 Å². The van der Waals surface area contributed by atoms with Gasteiger partial charge in [-0.2, -0.15) is 0 Å². The molecule has 0 aliphatic rings. The summed E-state index contributed by atoms with van der Waals surface area (Å²) in [6, 6.07) is 16.1. The van der Waals surface area contributed by atoms with E-state index in [9.17, 15) is 9.59 Å². The van der Waals surface area contributed by atoms with Crippen LogP contribution in [0.3, 0.4) is 0 Å². The van der Waals surface area contributed by atoms with E-state index in [0.717, 1.165) is 12.8 Å². The largest absolute Gasteiger partial charge is 0.350 e. The van der Waals surface area contributed by atoms with Crippen LogP contribution in [0.2, 0.25) is 0 Å². The molecule has 0 spiro atoms. The van der Waals surface area contributed by atoms with Gasteiger partial charge in [0.1, 0.15) is 0 Å². The average molecular weight is 295 g/mol. The Morgan fingerprint density at radius 3 is 2.18 bits per heavy atom. The molecule has 3 heteroatoms. The van der Waals surface area contributed by atoms with Crippen molar-refractivity contribution in [3.63, 3.8) is 0 Å². The molecule has 0 aromatic heterocycles. The number of benzene rings is 2. The van der Waals surface area contributed by atoms with Gasteiger partial charge in [-0.3, -0.25) is 9.59 Å².